The van der Waals surface area contributed by atoms with E-state index in [9.17, 15) is 9.18 Å². The average Bonchev–Trinajstić information content (AvgIpc) is 3.19. The molecule has 35 heavy (non-hydrogen) atoms. The van der Waals surface area contributed by atoms with Crippen molar-refractivity contribution in [2.24, 2.45) is 0 Å². The molecule has 0 saturated carbocycles. The number of ether oxygens (including phenoxy) is 2. The first-order chi connectivity index (χ1) is 17.2. The molecule has 0 unspecified atom stereocenters. The fraction of sp³-hybridized carbons (Fsp3) is 0.296. The minimum Gasteiger partial charge on any atom is -0.486 e. The van der Waals surface area contributed by atoms with Gasteiger partial charge < -0.3 is 14.4 Å². The Labute approximate surface area is 202 Å². The zero-order valence-corrected chi connectivity index (χ0v) is 19.4. The van der Waals surface area contributed by atoms with Crippen LogP contribution in [-0.4, -0.2) is 60.0 Å². The summed E-state index contributed by atoms with van der Waals surface area (Å²) in [7, 11) is 0. The van der Waals surface area contributed by atoms with E-state index in [1.807, 2.05) is 41.0 Å². The first kappa shape index (κ1) is 21.7. The number of aromatic nitrogens is 2. The predicted molar refractivity (Wildman–Crippen MR) is 134 cm³/mol. The molecule has 0 amide bonds. The van der Waals surface area contributed by atoms with Crippen molar-refractivity contribution >= 4 is 16.7 Å². The number of hydrogen-bond acceptors (Lipinski definition) is 5. The van der Waals surface area contributed by atoms with E-state index in [4.69, 9.17) is 9.47 Å². The van der Waals surface area contributed by atoms with Crippen LogP contribution < -0.4 is 20.1 Å². The van der Waals surface area contributed by atoms with E-state index < -0.39 is 0 Å². The van der Waals surface area contributed by atoms with Crippen molar-refractivity contribution in [2.75, 3.05) is 50.8 Å². The molecule has 180 valence electrons. The number of rotatable bonds is 5. The SMILES string of the molecule is O=c1n(CCN2CCN(c3cccc4c3OCCO4)CC2)c2ccccc2n1-c1ccc(F)cc1. The van der Waals surface area contributed by atoms with Gasteiger partial charge in [0, 0.05) is 39.3 Å². The predicted octanol–water partition coefficient (Wildman–Crippen LogP) is 3.52. The summed E-state index contributed by atoms with van der Waals surface area (Å²) < 4.78 is 28.6. The van der Waals surface area contributed by atoms with Gasteiger partial charge in [-0.15, -0.1) is 0 Å². The first-order valence-corrected chi connectivity index (χ1v) is 12.0. The quantitative estimate of drug-likeness (QED) is 0.443. The summed E-state index contributed by atoms with van der Waals surface area (Å²) in [6.07, 6.45) is 0. The molecule has 7 nitrogen and oxygen atoms in total. The van der Waals surface area contributed by atoms with Crippen LogP contribution in [0.3, 0.4) is 0 Å². The number of benzene rings is 3. The van der Waals surface area contributed by atoms with Crippen LogP contribution in [0.2, 0.25) is 0 Å². The normalized spacial score (nSPS) is 16.1. The third-order valence-electron chi connectivity index (χ3n) is 6.82. The maximum Gasteiger partial charge on any atom is 0.333 e. The largest absolute Gasteiger partial charge is 0.486 e. The lowest BCUT2D eigenvalue weighted by Crippen LogP contribution is -2.47. The Balaban J connectivity index is 1.18. The standard InChI is InChI=1S/C27H27FN4O3/c28-20-8-10-21(11-9-20)32-23-5-2-1-4-22(23)31(27(32)33)17-14-29-12-15-30(16-13-29)24-6-3-7-25-26(24)35-19-18-34-25/h1-11H,12-19H2. The van der Waals surface area contributed by atoms with Gasteiger partial charge in [-0.05, 0) is 48.5 Å². The van der Waals surface area contributed by atoms with E-state index in [1.54, 1.807) is 16.7 Å². The minimum atomic E-state index is -0.320. The average molecular weight is 475 g/mol. The Kier molecular flexibility index (Phi) is 5.66. The lowest BCUT2D eigenvalue weighted by Gasteiger charge is -2.37. The zero-order chi connectivity index (χ0) is 23.8. The Morgan fingerprint density at radius 1 is 0.771 bits per heavy atom. The molecular formula is C27H27FN4O3. The summed E-state index contributed by atoms with van der Waals surface area (Å²) in [5.74, 6) is 1.33. The number of imidazole rings is 1. The highest BCUT2D eigenvalue weighted by atomic mass is 19.1. The minimum absolute atomic E-state index is 0.107. The van der Waals surface area contributed by atoms with Gasteiger partial charge in [-0.2, -0.15) is 0 Å². The molecule has 8 heteroatoms. The van der Waals surface area contributed by atoms with Crippen molar-refractivity contribution in [1.29, 1.82) is 0 Å². The third-order valence-corrected chi connectivity index (χ3v) is 6.82. The third kappa shape index (κ3) is 4.04. The Bertz CT molecular complexity index is 1400. The van der Waals surface area contributed by atoms with Gasteiger partial charge in [0.15, 0.2) is 11.5 Å². The highest BCUT2D eigenvalue weighted by Gasteiger charge is 2.24. The Morgan fingerprint density at radius 3 is 2.31 bits per heavy atom. The van der Waals surface area contributed by atoms with Gasteiger partial charge in [0.2, 0.25) is 0 Å². The van der Waals surface area contributed by atoms with E-state index in [0.717, 1.165) is 60.9 Å². The van der Waals surface area contributed by atoms with Crippen LogP contribution >= 0.6 is 0 Å². The number of nitrogens with zero attached hydrogens (tertiary/aromatic N) is 4. The van der Waals surface area contributed by atoms with Crippen molar-refractivity contribution in [3.63, 3.8) is 0 Å². The van der Waals surface area contributed by atoms with Gasteiger partial charge in [0.1, 0.15) is 19.0 Å². The second kappa shape index (κ2) is 9.11. The topological polar surface area (TPSA) is 51.9 Å². The van der Waals surface area contributed by atoms with Crippen LogP contribution in [0.25, 0.3) is 16.7 Å². The summed E-state index contributed by atoms with van der Waals surface area (Å²) in [5.41, 5.74) is 3.35. The van der Waals surface area contributed by atoms with Gasteiger partial charge in [0.25, 0.3) is 0 Å². The number of anilines is 1. The van der Waals surface area contributed by atoms with Gasteiger partial charge in [-0.25, -0.2) is 9.18 Å². The van der Waals surface area contributed by atoms with E-state index >= 15 is 0 Å². The van der Waals surface area contributed by atoms with Crippen LogP contribution in [-0.2, 0) is 6.54 Å². The highest BCUT2D eigenvalue weighted by Crippen LogP contribution is 2.39. The monoisotopic (exact) mass is 474 g/mol. The number of hydrogen-bond donors (Lipinski definition) is 0. The molecule has 0 N–H and O–H groups in total. The van der Waals surface area contributed by atoms with Crippen LogP contribution in [0.1, 0.15) is 0 Å². The molecule has 0 atom stereocenters. The second-order valence-corrected chi connectivity index (χ2v) is 8.86. The molecule has 0 radical (unpaired) electrons. The molecule has 3 heterocycles. The molecule has 0 aliphatic carbocycles. The molecular weight excluding hydrogens is 447 g/mol. The van der Waals surface area contributed by atoms with Crippen LogP contribution in [0.4, 0.5) is 10.1 Å². The fourth-order valence-corrected chi connectivity index (χ4v) is 5.03. The first-order valence-electron chi connectivity index (χ1n) is 12.0. The van der Waals surface area contributed by atoms with E-state index in [2.05, 4.69) is 15.9 Å². The lowest BCUT2D eigenvalue weighted by atomic mass is 10.2. The molecule has 3 aromatic carbocycles. The van der Waals surface area contributed by atoms with Gasteiger partial charge in [0.05, 0.1) is 22.4 Å². The molecule has 0 bridgehead atoms. The van der Waals surface area contributed by atoms with Crippen molar-refractivity contribution in [3.8, 4) is 17.2 Å². The number of fused-ring (bicyclic) bond motifs is 2. The van der Waals surface area contributed by atoms with Gasteiger partial charge in [-0.3, -0.25) is 14.0 Å². The molecule has 1 saturated heterocycles. The van der Waals surface area contributed by atoms with Gasteiger partial charge in [-0.1, -0.05) is 18.2 Å². The number of piperazine rings is 1. The lowest BCUT2D eigenvalue weighted by molar-refractivity contribution is 0.171. The van der Waals surface area contributed by atoms with Crippen LogP contribution in [0.15, 0.2) is 71.5 Å². The van der Waals surface area contributed by atoms with Crippen LogP contribution in [0, 0.1) is 5.82 Å². The second-order valence-electron chi connectivity index (χ2n) is 8.86. The van der Waals surface area contributed by atoms with Crippen molar-refractivity contribution in [1.82, 2.24) is 14.0 Å². The molecule has 2 aliphatic heterocycles. The molecule has 6 rings (SSSR count). The van der Waals surface area contributed by atoms with E-state index in [-0.39, 0.29) is 11.5 Å². The highest BCUT2D eigenvalue weighted by molar-refractivity contribution is 5.78. The summed E-state index contributed by atoms with van der Waals surface area (Å²) in [4.78, 5) is 18.1. The molecule has 1 aromatic heterocycles. The number of halogens is 1. The summed E-state index contributed by atoms with van der Waals surface area (Å²) in [6, 6.07) is 19.9. The fourth-order valence-electron chi connectivity index (χ4n) is 5.03. The summed E-state index contributed by atoms with van der Waals surface area (Å²) >= 11 is 0. The maximum atomic E-state index is 13.5. The molecule has 1 fully saturated rings. The molecule has 2 aliphatic rings. The Morgan fingerprint density at radius 2 is 1.51 bits per heavy atom. The Hall–Kier alpha value is -3.78. The van der Waals surface area contributed by atoms with Crippen molar-refractivity contribution in [2.45, 2.75) is 6.54 Å². The maximum absolute atomic E-state index is 13.5. The van der Waals surface area contributed by atoms with Crippen molar-refractivity contribution in [3.05, 3.63) is 83.0 Å². The zero-order valence-electron chi connectivity index (χ0n) is 19.4. The molecule has 4 aromatic rings. The van der Waals surface area contributed by atoms with E-state index in [0.29, 0.717) is 25.4 Å². The van der Waals surface area contributed by atoms with Gasteiger partial charge >= 0.3 is 5.69 Å². The van der Waals surface area contributed by atoms with E-state index in [1.165, 1.54) is 12.1 Å². The van der Waals surface area contributed by atoms with Crippen molar-refractivity contribution < 1.29 is 13.9 Å². The smallest absolute Gasteiger partial charge is 0.333 e. The summed E-state index contributed by atoms with van der Waals surface area (Å²) in [5, 5.41) is 0. The number of para-hydroxylation sites is 3. The van der Waals surface area contributed by atoms with Crippen LogP contribution in [0.5, 0.6) is 11.5 Å². The summed E-state index contributed by atoms with van der Waals surface area (Å²) in [6.45, 7) is 6.08. The molecule has 0 spiro atoms.